The smallest absolute Gasteiger partial charge is 0.370 e. The molecule has 22 heavy (non-hydrogen) atoms. The average molecular weight is 310 g/mol. The number of carbonyl (C=O) groups excluding carboxylic acids is 1. The van der Waals surface area contributed by atoms with Crippen LogP contribution in [-0.4, -0.2) is 22.6 Å². The molecule has 5 nitrogen and oxygen atoms in total. The van der Waals surface area contributed by atoms with Crippen molar-refractivity contribution in [2.75, 3.05) is 11.9 Å². The van der Waals surface area contributed by atoms with Crippen LogP contribution in [0.25, 0.3) is 0 Å². The Morgan fingerprint density at radius 3 is 2.82 bits per heavy atom. The molecule has 3 rings (SSSR count). The molecule has 0 radical (unpaired) electrons. The van der Waals surface area contributed by atoms with Crippen LogP contribution in [0.1, 0.15) is 33.0 Å². The van der Waals surface area contributed by atoms with Gasteiger partial charge in [-0.2, -0.15) is 18.3 Å². The van der Waals surface area contributed by atoms with E-state index in [-0.39, 0.29) is 17.7 Å². The molecule has 0 bridgehead atoms. The van der Waals surface area contributed by atoms with E-state index < -0.39 is 23.6 Å². The number of aromatic amines is 1. The molecule has 0 saturated heterocycles. The monoisotopic (exact) mass is 310 g/mol. The van der Waals surface area contributed by atoms with Gasteiger partial charge in [0.25, 0.3) is 0 Å². The number of rotatable bonds is 2. The summed E-state index contributed by atoms with van der Waals surface area (Å²) in [6, 6.07) is 3.51. The van der Waals surface area contributed by atoms with Gasteiger partial charge >= 0.3 is 6.18 Å². The number of halogens is 3. The van der Waals surface area contributed by atoms with Gasteiger partial charge in [0.1, 0.15) is 5.82 Å². The summed E-state index contributed by atoms with van der Waals surface area (Å²) in [4.78, 5) is 11.6. The lowest BCUT2D eigenvalue weighted by molar-refractivity contribution is -0.138. The van der Waals surface area contributed by atoms with Crippen LogP contribution in [0.2, 0.25) is 0 Å². The lowest BCUT2D eigenvalue weighted by Gasteiger charge is -2.27. The minimum absolute atomic E-state index is 0.0538. The molecular formula is C14H13F3N4O. The van der Waals surface area contributed by atoms with Gasteiger partial charge in [0, 0.05) is 23.6 Å². The van der Waals surface area contributed by atoms with Crippen LogP contribution in [0, 0.1) is 0 Å². The molecule has 1 amide bonds. The van der Waals surface area contributed by atoms with Gasteiger partial charge in [0.15, 0.2) is 0 Å². The largest absolute Gasteiger partial charge is 0.416 e. The van der Waals surface area contributed by atoms with Crippen molar-refractivity contribution in [1.82, 2.24) is 10.2 Å². The van der Waals surface area contributed by atoms with Crippen molar-refractivity contribution < 1.29 is 18.0 Å². The Balaban J connectivity index is 2.11. The SMILES string of the molecule is NC(=O)c1cccc(C(F)(F)F)c1C1CNc2[nH]ncc2C1. The van der Waals surface area contributed by atoms with E-state index in [2.05, 4.69) is 15.5 Å². The number of alkyl halides is 3. The second-order valence-corrected chi connectivity index (χ2v) is 5.18. The summed E-state index contributed by atoms with van der Waals surface area (Å²) in [6.45, 7) is 0.266. The van der Waals surface area contributed by atoms with Gasteiger partial charge in [-0.1, -0.05) is 6.07 Å². The highest BCUT2D eigenvalue weighted by molar-refractivity contribution is 5.95. The Kier molecular flexibility index (Phi) is 3.31. The second kappa shape index (κ2) is 5.04. The first-order chi connectivity index (χ1) is 10.4. The molecule has 1 unspecified atom stereocenters. The number of nitrogens with zero attached hydrogens (tertiary/aromatic N) is 1. The number of nitrogens with one attached hydrogen (secondary N) is 2. The highest BCUT2D eigenvalue weighted by Crippen LogP contribution is 2.39. The van der Waals surface area contributed by atoms with E-state index in [0.717, 1.165) is 11.6 Å². The first-order valence-corrected chi connectivity index (χ1v) is 6.64. The molecule has 1 aliphatic heterocycles. The van der Waals surface area contributed by atoms with Crippen molar-refractivity contribution in [2.45, 2.75) is 18.5 Å². The number of benzene rings is 1. The molecular weight excluding hydrogens is 297 g/mol. The number of fused-ring (bicyclic) bond motifs is 1. The molecule has 1 aromatic heterocycles. The third-order valence-corrected chi connectivity index (χ3v) is 3.79. The fraction of sp³-hybridized carbons (Fsp3) is 0.286. The predicted octanol–water partition coefficient (Wildman–Crippen LogP) is 2.28. The summed E-state index contributed by atoms with van der Waals surface area (Å²) in [5, 5.41) is 9.59. The predicted molar refractivity (Wildman–Crippen MR) is 73.5 cm³/mol. The van der Waals surface area contributed by atoms with Gasteiger partial charge in [-0.3, -0.25) is 9.89 Å². The number of anilines is 1. The van der Waals surface area contributed by atoms with Gasteiger partial charge in [-0.15, -0.1) is 0 Å². The van der Waals surface area contributed by atoms with Crippen molar-refractivity contribution in [3.63, 3.8) is 0 Å². The lowest BCUT2D eigenvalue weighted by atomic mass is 9.84. The van der Waals surface area contributed by atoms with Crippen LogP contribution < -0.4 is 11.1 Å². The standard InChI is InChI=1S/C14H13F3N4O/c15-14(16,17)10-3-1-2-9(12(18)22)11(10)7-4-8-6-20-21-13(8)19-5-7/h1-3,6-7H,4-5H2,(H2,18,22)(H2,19,20,21). The zero-order chi connectivity index (χ0) is 15.9. The normalized spacial score (nSPS) is 17.7. The fourth-order valence-electron chi connectivity index (χ4n) is 2.85. The Morgan fingerprint density at radius 2 is 2.14 bits per heavy atom. The number of hydrogen-bond donors (Lipinski definition) is 3. The molecule has 0 fully saturated rings. The molecule has 1 aliphatic rings. The van der Waals surface area contributed by atoms with Gasteiger partial charge in [0.2, 0.25) is 5.91 Å². The number of carbonyl (C=O) groups is 1. The van der Waals surface area contributed by atoms with E-state index in [9.17, 15) is 18.0 Å². The van der Waals surface area contributed by atoms with Crippen LogP contribution in [-0.2, 0) is 12.6 Å². The van der Waals surface area contributed by atoms with Crippen LogP contribution in [0.15, 0.2) is 24.4 Å². The molecule has 0 spiro atoms. The van der Waals surface area contributed by atoms with Gasteiger partial charge in [-0.05, 0) is 24.1 Å². The zero-order valence-corrected chi connectivity index (χ0v) is 11.4. The molecule has 4 N–H and O–H groups in total. The third kappa shape index (κ3) is 2.40. The second-order valence-electron chi connectivity index (χ2n) is 5.18. The Bertz CT molecular complexity index is 723. The van der Waals surface area contributed by atoms with Crippen molar-refractivity contribution >= 4 is 11.7 Å². The number of nitrogens with two attached hydrogens (primary N) is 1. The van der Waals surface area contributed by atoms with E-state index in [1.165, 1.54) is 12.1 Å². The topological polar surface area (TPSA) is 83.8 Å². The molecule has 2 heterocycles. The summed E-state index contributed by atoms with van der Waals surface area (Å²) >= 11 is 0. The van der Waals surface area contributed by atoms with Crippen molar-refractivity contribution in [1.29, 1.82) is 0 Å². The molecule has 2 aromatic rings. The highest BCUT2D eigenvalue weighted by atomic mass is 19.4. The lowest BCUT2D eigenvalue weighted by Crippen LogP contribution is -2.27. The van der Waals surface area contributed by atoms with E-state index in [4.69, 9.17) is 5.73 Å². The maximum absolute atomic E-state index is 13.3. The number of aromatic nitrogens is 2. The molecule has 1 aromatic carbocycles. The zero-order valence-electron chi connectivity index (χ0n) is 11.4. The summed E-state index contributed by atoms with van der Waals surface area (Å²) in [6.07, 6.45) is -2.63. The van der Waals surface area contributed by atoms with Crippen molar-refractivity contribution in [3.05, 3.63) is 46.6 Å². The molecule has 116 valence electrons. The maximum atomic E-state index is 13.3. The van der Waals surface area contributed by atoms with Crippen molar-refractivity contribution in [3.8, 4) is 0 Å². The summed E-state index contributed by atoms with van der Waals surface area (Å²) in [7, 11) is 0. The Hall–Kier alpha value is -2.51. The maximum Gasteiger partial charge on any atom is 0.416 e. The number of hydrogen-bond acceptors (Lipinski definition) is 3. The molecule has 0 aliphatic carbocycles. The fourth-order valence-corrected chi connectivity index (χ4v) is 2.85. The minimum Gasteiger partial charge on any atom is -0.370 e. The average Bonchev–Trinajstić information content (AvgIpc) is 2.92. The number of primary amides is 1. The van der Waals surface area contributed by atoms with Crippen molar-refractivity contribution in [2.24, 2.45) is 5.73 Å². The molecule has 0 saturated carbocycles. The van der Waals surface area contributed by atoms with Crippen LogP contribution >= 0.6 is 0 Å². The van der Waals surface area contributed by atoms with E-state index in [1.54, 1.807) is 6.20 Å². The van der Waals surface area contributed by atoms with Gasteiger partial charge < -0.3 is 11.1 Å². The summed E-state index contributed by atoms with van der Waals surface area (Å²) in [5.74, 6) is -0.675. The van der Waals surface area contributed by atoms with Crippen LogP contribution in [0.3, 0.4) is 0 Å². The van der Waals surface area contributed by atoms with Crippen LogP contribution in [0.5, 0.6) is 0 Å². The minimum atomic E-state index is -4.54. The van der Waals surface area contributed by atoms with Crippen LogP contribution in [0.4, 0.5) is 19.0 Å². The Labute approximate surface area is 123 Å². The van der Waals surface area contributed by atoms with E-state index in [0.29, 0.717) is 12.2 Å². The van der Waals surface area contributed by atoms with Gasteiger partial charge in [-0.25, -0.2) is 0 Å². The number of amides is 1. The van der Waals surface area contributed by atoms with E-state index >= 15 is 0 Å². The first-order valence-electron chi connectivity index (χ1n) is 6.64. The highest BCUT2D eigenvalue weighted by Gasteiger charge is 2.38. The molecule has 1 atom stereocenters. The first kappa shape index (κ1) is 14.4. The number of H-pyrrole nitrogens is 1. The van der Waals surface area contributed by atoms with Gasteiger partial charge in [0.05, 0.1) is 11.8 Å². The summed E-state index contributed by atoms with van der Waals surface area (Å²) < 4.78 is 39.9. The van der Waals surface area contributed by atoms with E-state index in [1.807, 2.05) is 0 Å². The molecule has 8 heteroatoms. The third-order valence-electron chi connectivity index (χ3n) is 3.79. The quantitative estimate of drug-likeness (QED) is 0.795. The Morgan fingerprint density at radius 1 is 1.36 bits per heavy atom. The summed E-state index contributed by atoms with van der Waals surface area (Å²) in [5.41, 5.74) is 5.08.